The van der Waals surface area contributed by atoms with Gasteiger partial charge in [-0.3, -0.25) is 14.7 Å². The first-order chi connectivity index (χ1) is 17.4. The zero-order chi connectivity index (χ0) is 25.5. The molecule has 0 unspecified atom stereocenters. The van der Waals surface area contributed by atoms with Gasteiger partial charge in [-0.2, -0.15) is 0 Å². The lowest BCUT2D eigenvalue weighted by molar-refractivity contribution is -0.139. The van der Waals surface area contributed by atoms with Crippen LogP contribution in [0, 0.1) is 29.5 Å². The molecule has 1 saturated heterocycles. The highest BCUT2D eigenvalue weighted by atomic mass is 19.1. The smallest absolute Gasteiger partial charge is 0.303 e. The van der Waals surface area contributed by atoms with E-state index in [2.05, 4.69) is 21.7 Å². The van der Waals surface area contributed by atoms with E-state index in [1.54, 1.807) is 25.4 Å². The highest BCUT2D eigenvalue weighted by molar-refractivity contribution is 5.83. The Bertz CT molecular complexity index is 1250. The number of hydrogen-bond donors (Lipinski definition) is 2. The molecular weight excluding hydrogens is 459 g/mol. The van der Waals surface area contributed by atoms with E-state index in [1.165, 1.54) is 12.1 Å². The van der Waals surface area contributed by atoms with E-state index in [-0.39, 0.29) is 24.1 Å². The molecule has 0 aliphatic carbocycles. The first kappa shape index (κ1) is 25.6. The lowest BCUT2D eigenvalue weighted by atomic mass is 9.79. The summed E-state index contributed by atoms with van der Waals surface area (Å²) in [6.07, 6.45) is 3.26. The van der Waals surface area contributed by atoms with E-state index in [4.69, 9.17) is 4.74 Å². The van der Waals surface area contributed by atoms with Crippen LogP contribution in [0.2, 0.25) is 0 Å². The van der Waals surface area contributed by atoms with Crippen LogP contribution in [-0.2, 0) is 4.79 Å². The molecule has 2 N–H and O–H groups in total. The van der Waals surface area contributed by atoms with Crippen LogP contribution in [0.25, 0.3) is 10.9 Å². The molecule has 3 aromatic rings. The van der Waals surface area contributed by atoms with E-state index in [0.29, 0.717) is 25.3 Å². The van der Waals surface area contributed by atoms with Crippen molar-refractivity contribution >= 4 is 16.9 Å². The van der Waals surface area contributed by atoms with Gasteiger partial charge in [0.1, 0.15) is 11.6 Å². The van der Waals surface area contributed by atoms with Gasteiger partial charge in [0.2, 0.25) is 0 Å². The van der Waals surface area contributed by atoms with Crippen LogP contribution in [-0.4, -0.2) is 52.8 Å². The number of nitrogens with zero attached hydrogens (tertiary/aromatic N) is 2. The minimum atomic E-state index is -0.808. The molecule has 0 saturated carbocycles. The highest BCUT2D eigenvalue weighted by Crippen LogP contribution is 2.34. The fraction of sp³-hybridized carbons (Fsp3) is 0.379. The summed E-state index contributed by atoms with van der Waals surface area (Å²) in [7, 11) is 1.61. The van der Waals surface area contributed by atoms with Crippen molar-refractivity contribution in [3.63, 3.8) is 0 Å². The molecule has 7 heteroatoms. The van der Waals surface area contributed by atoms with E-state index in [9.17, 15) is 19.4 Å². The van der Waals surface area contributed by atoms with E-state index >= 15 is 0 Å². The molecule has 2 aromatic carbocycles. The lowest BCUT2D eigenvalue weighted by Gasteiger charge is -2.37. The second-order valence-corrected chi connectivity index (χ2v) is 9.33. The molecule has 2 heterocycles. The third-order valence-electron chi connectivity index (χ3n) is 6.94. The van der Waals surface area contributed by atoms with Crippen molar-refractivity contribution < 1.29 is 24.1 Å². The van der Waals surface area contributed by atoms with Crippen molar-refractivity contribution in [1.82, 2.24) is 9.88 Å². The van der Waals surface area contributed by atoms with Crippen LogP contribution in [0.1, 0.15) is 42.9 Å². The molecule has 0 bridgehead atoms. The summed E-state index contributed by atoms with van der Waals surface area (Å²) in [5.41, 5.74) is 2.36. The molecular formula is C29H31FN2O4. The zero-order valence-corrected chi connectivity index (χ0v) is 20.4. The predicted molar refractivity (Wildman–Crippen MR) is 136 cm³/mol. The molecule has 36 heavy (non-hydrogen) atoms. The number of carboxylic acids is 1. The molecule has 0 amide bonds. The van der Waals surface area contributed by atoms with Crippen LogP contribution >= 0.6 is 0 Å². The number of aliphatic hydroxyl groups excluding tert-OH is 1. The minimum Gasteiger partial charge on any atom is -0.497 e. The Kier molecular flexibility index (Phi) is 8.52. The number of hydrogen-bond acceptors (Lipinski definition) is 5. The second-order valence-electron chi connectivity index (χ2n) is 9.33. The summed E-state index contributed by atoms with van der Waals surface area (Å²) in [5.74, 6) is 5.98. The zero-order valence-electron chi connectivity index (χ0n) is 20.4. The number of pyridine rings is 1. The number of piperidine rings is 1. The molecule has 6 nitrogen and oxygen atoms in total. The Morgan fingerprint density at radius 2 is 2.03 bits per heavy atom. The van der Waals surface area contributed by atoms with Crippen LogP contribution in [0.5, 0.6) is 5.75 Å². The van der Waals surface area contributed by atoms with Crippen molar-refractivity contribution in [1.29, 1.82) is 0 Å². The number of aliphatic carboxylic acids is 1. The van der Waals surface area contributed by atoms with E-state index in [0.717, 1.165) is 41.4 Å². The number of aromatic nitrogens is 1. The molecule has 1 fully saturated rings. The number of fused-ring (bicyclic) bond motifs is 1. The molecule has 1 aromatic heterocycles. The number of benzene rings is 2. The van der Waals surface area contributed by atoms with Crippen molar-refractivity contribution in [2.45, 2.75) is 31.8 Å². The highest BCUT2D eigenvalue weighted by Gasteiger charge is 2.31. The summed E-state index contributed by atoms with van der Waals surface area (Å²) < 4.78 is 18.4. The largest absolute Gasteiger partial charge is 0.497 e. The number of aliphatic hydroxyl groups is 1. The Hall–Kier alpha value is -3.47. The van der Waals surface area contributed by atoms with Crippen LogP contribution in [0.3, 0.4) is 0 Å². The van der Waals surface area contributed by atoms with Crippen LogP contribution in [0.4, 0.5) is 4.39 Å². The summed E-state index contributed by atoms with van der Waals surface area (Å²) in [6, 6.07) is 13.5. The van der Waals surface area contributed by atoms with E-state index in [1.807, 2.05) is 24.3 Å². The normalized spacial score (nSPS) is 18.9. The Balaban J connectivity index is 1.38. The summed E-state index contributed by atoms with van der Waals surface area (Å²) in [6.45, 7) is 2.01. The number of rotatable bonds is 8. The minimum absolute atomic E-state index is 0.00894. The van der Waals surface area contributed by atoms with Gasteiger partial charge in [0.25, 0.3) is 0 Å². The third kappa shape index (κ3) is 6.60. The molecule has 1 aliphatic heterocycles. The fourth-order valence-electron chi connectivity index (χ4n) is 5.01. The Morgan fingerprint density at radius 3 is 2.78 bits per heavy atom. The SMILES string of the molecule is COc1ccc2nccc([C@H](O)CC[C@@H]3CCN(CC#Cc4ccc(F)cc4)C[C@@H]3CC(=O)O)c2c1. The number of likely N-dealkylation sites (tertiary alicyclic amines) is 1. The lowest BCUT2D eigenvalue weighted by Crippen LogP contribution is -2.41. The molecule has 0 spiro atoms. The van der Waals surface area contributed by atoms with Gasteiger partial charge < -0.3 is 14.9 Å². The summed E-state index contributed by atoms with van der Waals surface area (Å²) in [4.78, 5) is 18.1. The molecule has 1 aliphatic rings. The quantitative estimate of drug-likeness (QED) is 0.447. The maximum absolute atomic E-state index is 13.1. The first-order valence-corrected chi connectivity index (χ1v) is 12.2. The van der Waals surface area contributed by atoms with Gasteiger partial charge in [0.05, 0.1) is 25.3 Å². The molecule has 0 radical (unpaired) electrons. The van der Waals surface area contributed by atoms with Gasteiger partial charge in [0, 0.05) is 30.1 Å². The number of halogens is 1. The number of ether oxygens (including phenoxy) is 1. The van der Waals surface area contributed by atoms with Crippen molar-refractivity contribution in [2.24, 2.45) is 11.8 Å². The van der Waals surface area contributed by atoms with Crippen molar-refractivity contribution in [3.05, 3.63) is 71.7 Å². The third-order valence-corrected chi connectivity index (χ3v) is 6.94. The van der Waals surface area contributed by atoms with Crippen molar-refractivity contribution in [2.75, 3.05) is 26.7 Å². The predicted octanol–water partition coefficient (Wildman–Crippen LogP) is 4.66. The monoisotopic (exact) mass is 490 g/mol. The standard InChI is InChI=1S/C29H31FN2O4/c1-36-24-9-10-27-26(18-24)25(12-14-31-27)28(33)11-6-21-13-16-32(19-22(21)17-29(34)35)15-2-3-20-4-7-23(30)8-5-20/h4-5,7-10,12,14,18,21-22,28,33H,6,11,13,15-17,19H2,1H3,(H,34,35)/t21-,22+,28-/m1/s1. The van der Waals surface area contributed by atoms with Gasteiger partial charge in [0.15, 0.2) is 0 Å². The molecule has 4 rings (SSSR count). The average molecular weight is 491 g/mol. The number of methoxy groups -OCH3 is 1. The summed E-state index contributed by atoms with van der Waals surface area (Å²) >= 11 is 0. The fourth-order valence-corrected chi connectivity index (χ4v) is 5.01. The number of carbonyl (C=O) groups is 1. The molecule has 3 atom stereocenters. The van der Waals surface area contributed by atoms with Crippen LogP contribution in [0.15, 0.2) is 54.7 Å². The van der Waals surface area contributed by atoms with Gasteiger partial charge >= 0.3 is 5.97 Å². The van der Waals surface area contributed by atoms with Crippen LogP contribution < -0.4 is 4.74 Å². The Morgan fingerprint density at radius 1 is 1.22 bits per heavy atom. The van der Waals surface area contributed by atoms with Crippen molar-refractivity contribution in [3.8, 4) is 17.6 Å². The van der Waals surface area contributed by atoms with Gasteiger partial charge in [-0.15, -0.1) is 0 Å². The maximum Gasteiger partial charge on any atom is 0.303 e. The first-order valence-electron chi connectivity index (χ1n) is 12.2. The van der Waals surface area contributed by atoms with E-state index < -0.39 is 12.1 Å². The maximum atomic E-state index is 13.1. The summed E-state index contributed by atoms with van der Waals surface area (Å²) in [5, 5.41) is 21.4. The topological polar surface area (TPSA) is 82.9 Å². The molecule has 188 valence electrons. The van der Waals surface area contributed by atoms with Gasteiger partial charge in [-0.25, -0.2) is 4.39 Å². The number of carboxylic acid groups (broad SMARTS) is 1. The Labute approximate surface area is 210 Å². The average Bonchev–Trinajstić information content (AvgIpc) is 2.88. The van der Waals surface area contributed by atoms with Gasteiger partial charge in [-0.1, -0.05) is 11.8 Å². The van der Waals surface area contributed by atoms with Gasteiger partial charge in [-0.05, 0) is 91.7 Å². The second kappa shape index (κ2) is 12.0.